The van der Waals surface area contributed by atoms with Gasteiger partial charge in [-0.2, -0.15) is 0 Å². The van der Waals surface area contributed by atoms with Gasteiger partial charge < -0.3 is 5.32 Å². The fourth-order valence-corrected chi connectivity index (χ4v) is 1.61. The van der Waals surface area contributed by atoms with Gasteiger partial charge in [0.2, 0.25) is 5.91 Å². The predicted molar refractivity (Wildman–Crippen MR) is 63.3 cm³/mol. The van der Waals surface area contributed by atoms with E-state index in [9.17, 15) is 9.18 Å². The number of amides is 1. The molecule has 1 aromatic carbocycles. The SMILES string of the molecule is CCCNC(=O)C(Cl)c1cc(Cl)ccc1F. The van der Waals surface area contributed by atoms with Crippen LogP contribution in [-0.2, 0) is 4.79 Å². The third kappa shape index (κ3) is 3.35. The second-order valence-electron chi connectivity index (χ2n) is 3.32. The number of benzene rings is 1. The Morgan fingerprint density at radius 3 is 2.88 bits per heavy atom. The number of rotatable bonds is 4. The average molecular weight is 264 g/mol. The number of carbonyl (C=O) groups excluding carboxylic acids is 1. The Bertz CT molecular complexity index is 384. The summed E-state index contributed by atoms with van der Waals surface area (Å²) in [6.07, 6.45) is 0.799. The van der Waals surface area contributed by atoms with Crippen molar-refractivity contribution >= 4 is 29.1 Å². The van der Waals surface area contributed by atoms with Crippen molar-refractivity contribution in [3.05, 3.63) is 34.6 Å². The Hall–Kier alpha value is -0.800. The molecule has 0 aliphatic rings. The Morgan fingerprint density at radius 1 is 1.56 bits per heavy atom. The van der Waals surface area contributed by atoms with Gasteiger partial charge in [0.15, 0.2) is 0 Å². The van der Waals surface area contributed by atoms with E-state index in [0.717, 1.165) is 6.42 Å². The summed E-state index contributed by atoms with van der Waals surface area (Å²) in [6, 6.07) is 3.97. The second kappa shape index (κ2) is 6.06. The fraction of sp³-hybridized carbons (Fsp3) is 0.364. The largest absolute Gasteiger partial charge is 0.355 e. The molecule has 1 N–H and O–H groups in total. The summed E-state index contributed by atoms with van der Waals surface area (Å²) in [6.45, 7) is 2.44. The third-order valence-corrected chi connectivity index (χ3v) is 2.68. The first-order chi connectivity index (χ1) is 7.56. The molecule has 0 aromatic heterocycles. The summed E-state index contributed by atoms with van der Waals surface area (Å²) in [7, 11) is 0. The minimum absolute atomic E-state index is 0.0998. The molecule has 5 heteroatoms. The summed E-state index contributed by atoms with van der Waals surface area (Å²) < 4.78 is 13.4. The zero-order chi connectivity index (χ0) is 12.1. The van der Waals surface area contributed by atoms with Crippen LogP contribution in [-0.4, -0.2) is 12.5 Å². The highest BCUT2D eigenvalue weighted by molar-refractivity contribution is 6.32. The summed E-state index contributed by atoms with van der Waals surface area (Å²) in [5.74, 6) is -0.944. The van der Waals surface area contributed by atoms with Gasteiger partial charge in [-0.15, -0.1) is 11.6 Å². The van der Waals surface area contributed by atoms with Gasteiger partial charge in [-0.05, 0) is 24.6 Å². The molecule has 1 aromatic rings. The fourth-order valence-electron chi connectivity index (χ4n) is 1.19. The molecular formula is C11H12Cl2FNO. The first-order valence-electron chi connectivity index (χ1n) is 4.93. The molecule has 1 unspecified atom stereocenters. The summed E-state index contributed by atoms with van der Waals surface area (Å²) in [5.41, 5.74) is 0.0998. The lowest BCUT2D eigenvalue weighted by Crippen LogP contribution is -2.27. The van der Waals surface area contributed by atoms with Crippen LogP contribution in [0.2, 0.25) is 5.02 Å². The first kappa shape index (κ1) is 13.3. The summed E-state index contributed by atoms with van der Waals surface area (Å²) in [5, 5.41) is 1.90. The van der Waals surface area contributed by atoms with E-state index < -0.39 is 17.1 Å². The normalized spacial score (nSPS) is 12.2. The maximum absolute atomic E-state index is 13.4. The number of hydrogen-bond acceptors (Lipinski definition) is 1. The van der Waals surface area contributed by atoms with Crippen LogP contribution < -0.4 is 5.32 Å². The van der Waals surface area contributed by atoms with Gasteiger partial charge in [0.1, 0.15) is 11.2 Å². The van der Waals surface area contributed by atoms with E-state index in [1.54, 1.807) is 0 Å². The smallest absolute Gasteiger partial charge is 0.242 e. The highest BCUT2D eigenvalue weighted by Crippen LogP contribution is 2.26. The van der Waals surface area contributed by atoms with E-state index in [2.05, 4.69) is 5.32 Å². The molecule has 0 aliphatic carbocycles. The number of carbonyl (C=O) groups is 1. The highest BCUT2D eigenvalue weighted by Gasteiger charge is 2.20. The van der Waals surface area contributed by atoms with Crippen molar-refractivity contribution in [1.29, 1.82) is 0 Å². The number of hydrogen-bond donors (Lipinski definition) is 1. The van der Waals surface area contributed by atoms with Crippen LogP contribution in [0.25, 0.3) is 0 Å². The van der Waals surface area contributed by atoms with Crippen LogP contribution in [0.5, 0.6) is 0 Å². The molecule has 0 bridgehead atoms. The van der Waals surface area contributed by atoms with Crippen molar-refractivity contribution in [3.63, 3.8) is 0 Å². The van der Waals surface area contributed by atoms with Gasteiger partial charge in [-0.25, -0.2) is 4.39 Å². The number of nitrogens with one attached hydrogen (secondary N) is 1. The number of halogens is 3. The Labute approximate surface area is 104 Å². The van der Waals surface area contributed by atoms with Crippen molar-refractivity contribution in [1.82, 2.24) is 5.32 Å². The van der Waals surface area contributed by atoms with E-state index in [0.29, 0.717) is 11.6 Å². The molecule has 0 radical (unpaired) electrons. The quantitative estimate of drug-likeness (QED) is 0.831. The maximum atomic E-state index is 13.4. The molecule has 88 valence electrons. The van der Waals surface area contributed by atoms with Gasteiger partial charge in [-0.1, -0.05) is 18.5 Å². The third-order valence-electron chi connectivity index (χ3n) is 2.01. The Balaban J connectivity index is 2.82. The number of alkyl halides is 1. The predicted octanol–water partition coefficient (Wildman–Crippen LogP) is 3.29. The van der Waals surface area contributed by atoms with E-state index >= 15 is 0 Å². The molecule has 0 aliphatic heterocycles. The monoisotopic (exact) mass is 263 g/mol. The molecule has 2 nitrogen and oxygen atoms in total. The van der Waals surface area contributed by atoms with E-state index in [-0.39, 0.29) is 5.56 Å². The molecule has 16 heavy (non-hydrogen) atoms. The topological polar surface area (TPSA) is 29.1 Å². The minimum atomic E-state index is -1.05. The molecule has 1 rings (SSSR count). The van der Waals surface area contributed by atoms with Crippen LogP contribution >= 0.6 is 23.2 Å². The van der Waals surface area contributed by atoms with Gasteiger partial charge in [0.05, 0.1) is 0 Å². The molecule has 0 saturated carbocycles. The van der Waals surface area contributed by atoms with Gasteiger partial charge >= 0.3 is 0 Å². The summed E-state index contributed by atoms with van der Waals surface area (Å²) in [4.78, 5) is 11.5. The minimum Gasteiger partial charge on any atom is -0.355 e. The second-order valence-corrected chi connectivity index (χ2v) is 4.19. The van der Waals surface area contributed by atoms with E-state index in [1.165, 1.54) is 18.2 Å². The van der Waals surface area contributed by atoms with Crippen LogP contribution in [0.4, 0.5) is 4.39 Å². The summed E-state index contributed by atoms with van der Waals surface area (Å²) >= 11 is 11.6. The van der Waals surface area contributed by atoms with Crippen molar-refractivity contribution in [2.24, 2.45) is 0 Å². The van der Waals surface area contributed by atoms with Crippen molar-refractivity contribution in [2.45, 2.75) is 18.7 Å². The molecule has 1 amide bonds. The van der Waals surface area contributed by atoms with Gasteiger partial charge in [0, 0.05) is 17.1 Å². The molecular weight excluding hydrogens is 252 g/mol. The van der Waals surface area contributed by atoms with Crippen molar-refractivity contribution in [3.8, 4) is 0 Å². The van der Waals surface area contributed by atoms with Crippen molar-refractivity contribution in [2.75, 3.05) is 6.54 Å². The Morgan fingerprint density at radius 2 is 2.25 bits per heavy atom. The lowest BCUT2D eigenvalue weighted by Gasteiger charge is -2.11. The zero-order valence-corrected chi connectivity index (χ0v) is 10.3. The van der Waals surface area contributed by atoms with Crippen molar-refractivity contribution < 1.29 is 9.18 Å². The van der Waals surface area contributed by atoms with E-state index in [1.807, 2.05) is 6.92 Å². The average Bonchev–Trinajstić information content (AvgIpc) is 2.28. The van der Waals surface area contributed by atoms with Gasteiger partial charge in [-0.3, -0.25) is 4.79 Å². The van der Waals surface area contributed by atoms with Crippen LogP contribution in [0.3, 0.4) is 0 Å². The van der Waals surface area contributed by atoms with Gasteiger partial charge in [0.25, 0.3) is 0 Å². The van der Waals surface area contributed by atoms with E-state index in [4.69, 9.17) is 23.2 Å². The highest BCUT2D eigenvalue weighted by atomic mass is 35.5. The van der Waals surface area contributed by atoms with Crippen LogP contribution in [0.15, 0.2) is 18.2 Å². The maximum Gasteiger partial charge on any atom is 0.242 e. The van der Waals surface area contributed by atoms with Crippen LogP contribution in [0, 0.1) is 5.82 Å². The standard InChI is InChI=1S/C11H12Cl2FNO/c1-2-5-15-11(16)10(13)8-6-7(12)3-4-9(8)14/h3-4,6,10H,2,5H2,1H3,(H,15,16). The Kier molecular flexibility index (Phi) is 5.03. The lowest BCUT2D eigenvalue weighted by atomic mass is 10.1. The van der Waals surface area contributed by atoms with Crippen LogP contribution in [0.1, 0.15) is 24.3 Å². The molecule has 0 saturated heterocycles. The first-order valence-corrected chi connectivity index (χ1v) is 5.74. The molecule has 0 fully saturated rings. The molecule has 1 atom stereocenters. The molecule has 0 heterocycles. The lowest BCUT2D eigenvalue weighted by molar-refractivity contribution is -0.120. The zero-order valence-electron chi connectivity index (χ0n) is 8.77. The molecule has 0 spiro atoms.